The number of esters is 1. The Morgan fingerprint density at radius 2 is 1.48 bits per heavy atom. The molecule has 0 aliphatic heterocycles. The Hall–Kier alpha value is -4.13. The number of nitrogens with zero attached hydrogens (tertiary/aromatic N) is 3. The summed E-state index contributed by atoms with van der Waals surface area (Å²) in [6, 6.07) is 23.9. The minimum absolute atomic E-state index is 0.0157. The molecule has 0 amide bonds. The van der Waals surface area contributed by atoms with E-state index in [1.54, 1.807) is 36.4 Å². The Kier molecular flexibility index (Phi) is 5.93. The third-order valence-corrected chi connectivity index (χ3v) is 4.85. The largest absolute Gasteiger partial charge is 0.442 e. The van der Waals surface area contributed by atoms with Gasteiger partial charge in [0.2, 0.25) is 0 Å². The second-order valence-corrected chi connectivity index (χ2v) is 6.92. The first-order chi connectivity index (χ1) is 15.1. The molecule has 0 spiro atoms. The zero-order valence-electron chi connectivity index (χ0n) is 16.6. The lowest BCUT2D eigenvalue weighted by molar-refractivity contribution is -0.148. The van der Waals surface area contributed by atoms with Crippen LogP contribution in [0, 0.1) is 0 Å². The zero-order chi connectivity index (χ0) is 21.6. The van der Waals surface area contributed by atoms with Gasteiger partial charge in [-0.1, -0.05) is 71.9 Å². The first kappa shape index (κ1) is 20.2. The van der Waals surface area contributed by atoms with Gasteiger partial charge >= 0.3 is 5.97 Å². The molecule has 0 saturated carbocycles. The smallest absolute Gasteiger partial charge is 0.308 e. The van der Waals surface area contributed by atoms with Gasteiger partial charge in [-0.05, 0) is 23.3 Å². The van der Waals surface area contributed by atoms with Gasteiger partial charge in [-0.3, -0.25) is 14.4 Å². The molecule has 0 bridgehead atoms. The molecule has 7 heteroatoms. The van der Waals surface area contributed by atoms with Gasteiger partial charge in [-0.15, -0.1) is 5.10 Å². The lowest BCUT2D eigenvalue weighted by Gasteiger charge is -2.07. The number of hydrogen-bond donors (Lipinski definition) is 0. The number of carbonyl (C=O) groups excluding carboxylic acids is 2. The molecule has 0 atom stereocenters. The van der Waals surface area contributed by atoms with Crippen LogP contribution in [0.5, 0.6) is 0 Å². The number of ketones is 1. The molecule has 0 aliphatic carbocycles. The van der Waals surface area contributed by atoms with Crippen LogP contribution in [0.15, 0.2) is 83.7 Å². The van der Waals surface area contributed by atoms with Crippen LogP contribution in [-0.4, -0.2) is 26.7 Å². The van der Waals surface area contributed by atoms with Crippen molar-refractivity contribution in [3.8, 4) is 11.1 Å². The zero-order valence-corrected chi connectivity index (χ0v) is 16.6. The van der Waals surface area contributed by atoms with Crippen molar-refractivity contribution in [2.24, 2.45) is 0 Å². The fourth-order valence-electron chi connectivity index (χ4n) is 3.15. The average molecular weight is 413 g/mol. The normalized spacial score (nSPS) is 10.7. The Bertz CT molecular complexity index is 1280. The maximum atomic E-state index is 12.4. The van der Waals surface area contributed by atoms with Gasteiger partial charge in [0, 0.05) is 12.0 Å². The quantitative estimate of drug-likeness (QED) is 0.339. The molecular weight excluding hydrogens is 394 g/mol. The van der Waals surface area contributed by atoms with Gasteiger partial charge in [0.15, 0.2) is 12.5 Å². The van der Waals surface area contributed by atoms with Crippen LogP contribution >= 0.6 is 0 Å². The van der Waals surface area contributed by atoms with Gasteiger partial charge in [-0.25, -0.2) is 0 Å². The molecule has 4 rings (SSSR count). The van der Waals surface area contributed by atoms with Crippen LogP contribution in [0.3, 0.4) is 0 Å². The van der Waals surface area contributed by atoms with E-state index in [4.69, 9.17) is 4.74 Å². The maximum Gasteiger partial charge on any atom is 0.308 e. The second kappa shape index (κ2) is 9.13. The second-order valence-electron chi connectivity index (χ2n) is 6.92. The number of Topliss-reactive ketones (excluding diaryl/α,β-unsaturated/α-hetero) is 1. The third kappa shape index (κ3) is 4.72. The van der Waals surface area contributed by atoms with Crippen molar-refractivity contribution in [1.29, 1.82) is 0 Å². The van der Waals surface area contributed by atoms with Crippen molar-refractivity contribution in [1.82, 2.24) is 15.0 Å². The number of ether oxygens (including phenoxy) is 1. The molecule has 0 unspecified atom stereocenters. The van der Waals surface area contributed by atoms with Gasteiger partial charge < -0.3 is 4.74 Å². The number of rotatable bonds is 7. The number of benzene rings is 3. The van der Waals surface area contributed by atoms with Crippen molar-refractivity contribution >= 4 is 22.7 Å². The molecule has 0 fully saturated rings. The van der Waals surface area contributed by atoms with E-state index >= 15 is 0 Å². The van der Waals surface area contributed by atoms with Gasteiger partial charge in [0.25, 0.3) is 5.56 Å². The summed E-state index contributed by atoms with van der Waals surface area (Å²) >= 11 is 0. The molecular formula is C24H19N3O4. The lowest BCUT2D eigenvalue weighted by Crippen LogP contribution is -2.26. The monoisotopic (exact) mass is 413 g/mol. The highest BCUT2D eigenvalue weighted by molar-refractivity contribution is 5.97. The minimum Gasteiger partial charge on any atom is -0.442 e. The maximum absolute atomic E-state index is 12.4. The average Bonchev–Trinajstić information content (AvgIpc) is 2.83. The molecule has 7 nitrogen and oxygen atoms in total. The third-order valence-electron chi connectivity index (χ3n) is 4.85. The summed E-state index contributed by atoms with van der Waals surface area (Å²) < 4.78 is 6.07. The Morgan fingerprint density at radius 3 is 2.26 bits per heavy atom. The van der Waals surface area contributed by atoms with Crippen molar-refractivity contribution in [3.05, 3.63) is 94.8 Å². The van der Waals surface area contributed by atoms with Crippen molar-refractivity contribution < 1.29 is 14.3 Å². The molecule has 3 aromatic carbocycles. The van der Waals surface area contributed by atoms with Crippen LogP contribution in [0.2, 0.25) is 0 Å². The molecule has 1 heterocycles. The van der Waals surface area contributed by atoms with E-state index in [1.807, 2.05) is 42.5 Å². The van der Waals surface area contributed by atoms with Crippen LogP contribution in [0.25, 0.3) is 22.0 Å². The predicted molar refractivity (Wildman–Crippen MR) is 115 cm³/mol. The summed E-state index contributed by atoms with van der Waals surface area (Å²) in [6.45, 7) is -0.352. The van der Waals surface area contributed by atoms with Crippen molar-refractivity contribution in [3.63, 3.8) is 0 Å². The number of aromatic nitrogens is 3. The fraction of sp³-hybridized carbons (Fsp3) is 0.125. The summed E-state index contributed by atoms with van der Waals surface area (Å²) in [5.74, 6) is -0.740. The first-order valence-corrected chi connectivity index (χ1v) is 9.79. The Morgan fingerprint density at radius 1 is 0.806 bits per heavy atom. The summed E-state index contributed by atoms with van der Waals surface area (Å²) in [7, 11) is 0. The molecule has 4 aromatic rings. The molecule has 31 heavy (non-hydrogen) atoms. The minimum atomic E-state index is -0.587. The summed E-state index contributed by atoms with van der Waals surface area (Å²) in [5, 5.41) is 8.09. The molecule has 0 saturated heterocycles. The molecule has 154 valence electrons. The topological polar surface area (TPSA) is 91.2 Å². The predicted octanol–water partition coefficient (Wildman–Crippen LogP) is 3.62. The molecule has 1 aromatic heterocycles. The van der Waals surface area contributed by atoms with Crippen LogP contribution < -0.4 is 5.56 Å². The summed E-state index contributed by atoms with van der Waals surface area (Å²) in [5.41, 5.74) is 2.69. The summed E-state index contributed by atoms with van der Waals surface area (Å²) in [4.78, 5) is 36.8. The van der Waals surface area contributed by atoms with Crippen LogP contribution in [0.4, 0.5) is 0 Å². The van der Waals surface area contributed by atoms with E-state index in [-0.39, 0.29) is 25.4 Å². The first-order valence-electron chi connectivity index (χ1n) is 9.79. The highest BCUT2D eigenvalue weighted by Crippen LogP contribution is 2.20. The highest BCUT2D eigenvalue weighted by atomic mass is 16.5. The van der Waals surface area contributed by atoms with E-state index in [0.717, 1.165) is 15.8 Å². The summed E-state index contributed by atoms with van der Waals surface area (Å²) in [6.07, 6.45) is -0.0726. The number of fused-ring (bicyclic) bond motifs is 1. The van der Waals surface area contributed by atoms with E-state index in [0.29, 0.717) is 16.5 Å². The lowest BCUT2D eigenvalue weighted by atomic mass is 10.0. The molecule has 0 aliphatic rings. The standard InChI is InChI=1S/C24H19N3O4/c28-22(19-12-10-18(11-13-19)17-6-2-1-3-7-17)14-15-23(29)31-16-27-24(30)20-8-4-5-9-21(20)25-26-27/h1-13H,14-16H2. The van der Waals surface area contributed by atoms with Crippen LogP contribution in [-0.2, 0) is 16.3 Å². The van der Waals surface area contributed by atoms with Gasteiger partial charge in [-0.2, -0.15) is 4.68 Å². The highest BCUT2D eigenvalue weighted by Gasteiger charge is 2.12. The fourth-order valence-corrected chi connectivity index (χ4v) is 3.15. The Labute approximate surface area is 177 Å². The van der Waals surface area contributed by atoms with Crippen molar-refractivity contribution in [2.45, 2.75) is 19.6 Å². The van der Waals surface area contributed by atoms with E-state index < -0.39 is 11.5 Å². The molecule has 0 radical (unpaired) electrons. The SMILES string of the molecule is O=C(CCC(=O)c1ccc(-c2ccccc2)cc1)OCn1nnc2ccccc2c1=O. The van der Waals surface area contributed by atoms with E-state index in [9.17, 15) is 14.4 Å². The number of carbonyl (C=O) groups is 2. The van der Waals surface area contributed by atoms with E-state index in [1.165, 1.54) is 0 Å². The van der Waals surface area contributed by atoms with Crippen LogP contribution in [0.1, 0.15) is 23.2 Å². The number of hydrogen-bond acceptors (Lipinski definition) is 6. The van der Waals surface area contributed by atoms with E-state index in [2.05, 4.69) is 10.3 Å². The van der Waals surface area contributed by atoms with Crippen molar-refractivity contribution in [2.75, 3.05) is 0 Å². The van der Waals surface area contributed by atoms with Gasteiger partial charge in [0.1, 0.15) is 5.52 Å². The van der Waals surface area contributed by atoms with Gasteiger partial charge in [0.05, 0.1) is 11.8 Å². The molecule has 0 N–H and O–H groups in total. The Balaban J connectivity index is 1.31.